The number of methoxy groups -OCH3 is 1. The van der Waals surface area contributed by atoms with Crippen LogP contribution in [0, 0.1) is 11.7 Å². The number of benzene rings is 1. The number of halogens is 2. The topological polar surface area (TPSA) is 27.1 Å². The van der Waals surface area contributed by atoms with Crippen LogP contribution < -0.4 is 0 Å². The minimum Gasteiger partial charge on any atom is -0.384 e. The van der Waals surface area contributed by atoms with Crippen molar-refractivity contribution >= 4 is 22.6 Å². The van der Waals surface area contributed by atoms with E-state index in [1.54, 1.807) is 13.2 Å². The van der Waals surface area contributed by atoms with Gasteiger partial charge in [-0.25, -0.2) is 9.37 Å². The Morgan fingerprint density at radius 3 is 2.79 bits per heavy atom. The van der Waals surface area contributed by atoms with Gasteiger partial charge in [-0.05, 0) is 25.0 Å². The van der Waals surface area contributed by atoms with Crippen LogP contribution >= 0.6 is 11.6 Å². The van der Waals surface area contributed by atoms with Crippen LogP contribution in [0.2, 0.25) is 0 Å². The molecular formula is C14H18ClFN2O. The smallest absolute Gasteiger partial charge is 0.127 e. The second-order valence-corrected chi connectivity index (χ2v) is 5.54. The van der Waals surface area contributed by atoms with Crippen LogP contribution in [0.4, 0.5) is 4.39 Å². The molecule has 2 unspecified atom stereocenters. The molecule has 3 nitrogen and oxygen atoms in total. The molecule has 0 aliphatic heterocycles. The molecule has 0 radical (unpaired) electrons. The van der Waals surface area contributed by atoms with E-state index in [9.17, 15) is 4.39 Å². The first-order chi connectivity index (χ1) is 9.02. The number of ether oxygens (including phenoxy) is 1. The quantitative estimate of drug-likeness (QED) is 0.782. The summed E-state index contributed by atoms with van der Waals surface area (Å²) in [6.45, 7) is 5.39. The highest BCUT2D eigenvalue weighted by atomic mass is 35.5. The fourth-order valence-corrected chi connectivity index (χ4v) is 2.43. The van der Waals surface area contributed by atoms with Crippen LogP contribution in [0.1, 0.15) is 25.0 Å². The lowest BCUT2D eigenvalue weighted by Gasteiger charge is -2.15. The van der Waals surface area contributed by atoms with Crippen LogP contribution in [-0.2, 0) is 11.3 Å². The first-order valence-electron chi connectivity index (χ1n) is 6.31. The van der Waals surface area contributed by atoms with Gasteiger partial charge >= 0.3 is 0 Å². The van der Waals surface area contributed by atoms with E-state index in [1.807, 2.05) is 6.92 Å². The Kier molecular flexibility index (Phi) is 4.42. The minimum absolute atomic E-state index is 0.217. The highest BCUT2D eigenvalue weighted by Gasteiger charge is 2.17. The fraction of sp³-hybridized carbons (Fsp3) is 0.500. The largest absolute Gasteiger partial charge is 0.384 e. The zero-order valence-electron chi connectivity index (χ0n) is 11.4. The van der Waals surface area contributed by atoms with E-state index in [1.165, 1.54) is 12.1 Å². The Bertz CT molecular complexity index is 568. The summed E-state index contributed by atoms with van der Waals surface area (Å²) in [7, 11) is 1.68. The van der Waals surface area contributed by atoms with Crippen molar-refractivity contribution in [1.82, 2.24) is 9.55 Å². The molecule has 0 fully saturated rings. The van der Waals surface area contributed by atoms with Gasteiger partial charge in [0.2, 0.25) is 0 Å². The molecule has 0 aliphatic rings. The molecule has 19 heavy (non-hydrogen) atoms. The second kappa shape index (κ2) is 5.88. The molecule has 0 N–H and O–H groups in total. The van der Waals surface area contributed by atoms with Crippen LogP contribution in [0.25, 0.3) is 11.0 Å². The van der Waals surface area contributed by atoms with Gasteiger partial charge in [0.05, 0.1) is 23.0 Å². The van der Waals surface area contributed by atoms with Crippen molar-refractivity contribution in [2.24, 2.45) is 5.92 Å². The molecular weight excluding hydrogens is 267 g/mol. The van der Waals surface area contributed by atoms with E-state index in [-0.39, 0.29) is 11.2 Å². The summed E-state index contributed by atoms with van der Waals surface area (Å²) in [4.78, 5) is 4.44. The monoisotopic (exact) mass is 284 g/mol. The summed E-state index contributed by atoms with van der Waals surface area (Å²) in [6.07, 6.45) is 0. The standard InChI is InChI=1S/C14H18ClFN2O/c1-9(8-19-3)7-18-13-5-4-11(16)6-12(13)17-14(18)10(2)15/h4-6,9-10H,7-8H2,1-3H3. The molecule has 2 rings (SSSR count). The molecule has 1 aromatic heterocycles. The number of hydrogen-bond acceptors (Lipinski definition) is 2. The van der Waals surface area contributed by atoms with E-state index >= 15 is 0 Å². The lowest BCUT2D eigenvalue weighted by molar-refractivity contribution is 0.151. The first-order valence-corrected chi connectivity index (χ1v) is 6.75. The van der Waals surface area contributed by atoms with Gasteiger partial charge in [-0.2, -0.15) is 0 Å². The number of fused-ring (bicyclic) bond motifs is 1. The molecule has 0 spiro atoms. The summed E-state index contributed by atoms with van der Waals surface area (Å²) >= 11 is 6.17. The van der Waals surface area contributed by atoms with Gasteiger partial charge < -0.3 is 9.30 Å². The number of hydrogen-bond donors (Lipinski definition) is 0. The molecule has 0 saturated heterocycles. The molecule has 5 heteroatoms. The van der Waals surface area contributed by atoms with Gasteiger partial charge in [0.15, 0.2) is 0 Å². The molecule has 0 amide bonds. The predicted octanol–water partition coefficient (Wildman–Crippen LogP) is 3.76. The van der Waals surface area contributed by atoms with Crippen LogP contribution in [-0.4, -0.2) is 23.3 Å². The summed E-state index contributed by atoms with van der Waals surface area (Å²) in [5.41, 5.74) is 1.55. The summed E-state index contributed by atoms with van der Waals surface area (Å²) in [5, 5.41) is -0.217. The minimum atomic E-state index is -0.282. The van der Waals surface area contributed by atoms with E-state index in [2.05, 4.69) is 16.5 Å². The number of nitrogens with zero attached hydrogens (tertiary/aromatic N) is 2. The van der Waals surface area contributed by atoms with Crippen molar-refractivity contribution in [3.63, 3.8) is 0 Å². The number of imidazole rings is 1. The molecule has 104 valence electrons. The van der Waals surface area contributed by atoms with Gasteiger partial charge in [0.25, 0.3) is 0 Å². The zero-order valence-corrected chi connectivity index (χ0v) is 12.1. The molecule has 0 bridgehead atoms. The number of aromatic nitrogens is 2. The highest BCUT2D eigenvalue weighted by molar-refractivity contribution is 6.20. The van der Waals surface area contributed by atoms with Gasteiger partial charge in [-0.15, -0.1) is 11.6 Å². The van der Waals surface area contributed by atoms with Crippen LogP contribution in [0.3, 0.4) is 0 Å². The number of rotatable bonds is 5. The summed E-state index contributed by atoms with van der Waals surface area (Å²) < 4.78 is 20.5. The number of alkyl halides is 1. The van der Waals surface area contributed by atoms with Gasteiger partial charge in [0, 0.05) is 19.7 Å². The fourth-order valence-electron chi connectivity index (χ4n) is 2.27. The molecule has 0 saturated carbocycles. The van der Waals surface area contributed by atoms with E-state index in [0.29, 0.717) is 18.0 Å². The summed E-state index contributed by atoms with van der Waals surface area (Å²) in [5.74, 6) is 0.822. The van der Waals surface area contributed by atoms with E-state index < -0.39 is 0 Å². The molecule has 0 aliphatic carbocycles. The maximum atomic E-state index is 13.3. The average molecular weight is 285 g/mol. The molecule has 2 aromatic rings. The third-order valence-electron chi connectivity index (χ3n) is 3.04. The average Bonchev–Trinajstić information content (AvgIpc) is 2.67. The van der Waals surface area contributed by atoms with Crippen molar-refractivity contribution in [3.05, 3.63) is 29.8 Å². The maximum absolute atomic E-state index is 13.3. The van der Waals surface area contributed by atoms with Crippen LogP contribution in [0.15, 0.2) is 18.2 Å². The lowest BCUT2D eigenvalue weighted by atomic mass is 10.2. The second-order valence-electron chi connectivity index (χ2n) is 4.89. The van der Waals surface area contributed by atoms with Crippen molar-refractivity contribution in [3.8, 4) is 0 Å². The maximum Gasteiger partial charge on any atom is 0.127 e. The van der Waals surface area contributed by atoms with E-state index in [4.69, 9.17) is 16.3 Å². The van der Waals surface area contributed by atoms with Gasteiger partial charge in [-0.1, -0.05) is 6.92 Å². The van der Waals surface area contributed by atoms with Crippen molar-refractivity contribution < 1.29 is 9.13 Å². The van der Waals surface area contributed by atoms with E-state index in [0.717, 1.165) is 17.9 Å². The Hall–Kier alpha value is -1.13. The first kappa shape index (κ1) is 14.3. The predicted molar refractivity (Wildman–Crippen MR) is 75.0 cm³/mol. The molecule has 2 atom stereocenters. The third kappa shape index (κ3) is 3.07. The van der Waals surface area contributed by atoms with Gasteiger partial charge in [-0.3, -0.25) is 0 Å². The molecule has 1 aromatic carbocycles. The Morgan fingerprint density at radius 2 is 2.16 bits per heavy atom. The Labute approximate surface area is 117 Å². The zero-order chi connectivity index (χ0) is 14.0. The molecule has 1 heterocycles. The lowest BCUT2D eigenvalue weighted by Crippen LogP contribution is -2.15. The summed E-state index contributed by atoms with van der Waals surface area (Å²) in [6, 6.07) is 4.64. The SMILES string of the molecule is COCC(C)Cn1c(C(C)Cl)nc2cc(F)ccc21. The van der Waals surface area contributed by atoms with Gasteiger partial charge in [0.1, 0.15) is 11.6 Å². The van der Waals surface area contributed by atoms with Crippen molar-refractivity contribution in [2.75, 3.05) is 13.7 Å². The Morgan fingerprint density at radius 1 is 1.42 bits per heavy atom. The Balaban J connectivity index is 2.46. The normalized spacial score (nSPS) is 14.8. The van der Waals surface area contributed by atoms with Crippen LogP contribution in [0.5, 0.6) is 0 Å². The van der Waals surface area contributed by atoms with Crippen molar-refractivity contribution in [1.29, 1.82) is 0 Å². The highest BCUT2D eigenvalue weighted by Crippen LogP contribution is 2.26. The van der Waals surface area contributed by atoms with Crippen molar-refractivity contribution in [2.45, 2.75) is 25.8 Å². The third-order valence-corrected chi connectivity index (χ3v) is 3.24.